The van der Waals surface area contributed by atoms with E-state index in [0.717, 1.165) is 32.5 Å². The molecule has 0 aromatic heterocycles. The van der Waals surface area contributed by atoms with Gasteiger partial charge < -0.3 is 9.53 Å². The second-order valence-corrected chi connectivity index (χ2v) is 8.28. The number of benzene rings is 4. The molecule has 0 fully saturated rings. The maximum absolute atomic E-state index is 13.3. The zero-order chi connectivity index (χ0) is 24.0. The Hall–Kier alpha value is -3.96. The molecule has 5 heteroatoms. The molecule has 0 spiro atoms. The summed E-state index contributed by atoms with van der Waals surface area (Å²) >= 11 is 0. The van der Waals surface area contributed by atoms with E-state index in [9.17, 15) is 9.59 Å². The molecule has 2 N–H and O–H groups in total. The van der Waals surface area contributed by atoms with Gasteiger partial charge in [-0.25, -0.2) is 15.6 Å². The van der Waals surface area contributed by atoms with E-state index in [4.69, 9.17) is 10.6 Å². The molecule has 0 radical (unpaired) electrons. The van der Waals surface area contributed by atoms with Crippen molar-refractivity contribution in [2.45, 2.75) is 31.4 Å². The van der Waals surface area contributed by atoms with Crippen LogP contribution >= 0.6 is 0 Å². The molecular weight excluding hydrogens is 424 g/mol. The Labute approximate surface area is 199 Å². The van der Waals surface area contributed by atoms with E-state index in [0.29, 0.717) is 12.7 Å². The third-order valence-electron chi connectivity index (χ3n) is 6.22. The van der Waals surface area contributed by atoms with Crippen molar-refractivity contribution in [2.24, 2.45) is 5.84 Å². The largest absolute Gasteiger partial charge is 0.432 e. The lowest BCUT2D eigenvalue weighted by molar-refractivity contribution is -0.112. The summed E-state index contributed by atoms with van der Waals surface area (Å²) < 4.78 is 6.12. The summed E-state index contributed by atoms with van der Waals surface area (Å²) in [7, 11) is 0. The number of hydrogen-bond donors (Lipinski definition) is 1. The zero-order valence-corrected chi connectivity index (χ0v) is 19.1. The first kappa shape index (κ1) is 23.2. The number of carbonyl (C=O) groups excluding carboxylic acids is 2. The third kappa shape index (κ3) is 4.70. The van der Waals surface area contributed by atoms with Crippen molar-refractivity contribution >= 4 is 23.2 Å². The quantitative estimate of drug-likeness (QED) is 0.163. The van der Waals surface area contributed by atoms with Gasteiger partial charge in [-0.05, 0) is 22.8 Å². The lowest BCUT2D eigenvalue weighted by Crippen LogP contribution is -2.50. The summed E-state index contributed by atoms with van der Waals surface area (Å²) in [6.07, 6.45) is 0.717. The van der Waals surface area contributed by atoms with E-state index < -0.39 is 17.7 Å². The molecular formula is C29H28N2O3. The van der Waals surface area contributed by atoms with Crippen LogP contribution in [0.1, 0.15) is 30.0 Å². The number of rotatable bonds is 8. The fourth-order valence-corrected chi connectivity index (χ4v) is 4.34. The monoisotopic (exact) mass is 452 g/mol. The first-order chi connectivity index (χ1) is 16.6. The second kappa shape index (κ2) is 10.3. The lowest BCUT2D eigenvalue weighted by atomic mass is 9.84. The predicted octanol–water partition coefficient (Wildman–Crippen LogP) is 5.62. The highest BCUT2D eigenvalue weighted by Crippen LogP contribution is 2.37. The van der Waals surface area contributed by atoms with Gasteiger partial charge in [-0.15, -0.1) is 0 Å². The molecule has 4 rings (SSSR count). The van der Waals surface area contributed by atoms with E-state index in [1.165, 1.54) is 0 Å². The Balaban J connectivity index is 1.60. The molecule has 1 amide bonds. The Kier molecular flexibility index (Phi) is 7.04. The SMILES string of the molecule is CCC(OC(=O)N(N)C(C=O)Cc1ccc2ccccc2c1)(c1ccccc1)c1ccccc1. The molecule has 1 atom stereocenters. The number of hydrazine groups is 1. The van der Waals surface area contributed by atoms with Crippen molar-refractivity contribution in [1.29, 1.82) is 0 Å². The number of carbonyl (C=O) groups is 2. The summed E-state index contributed by atoms with van der Waals surface area (Å²) in [6, 6.07) is 32.2. The minimum atomic E-state index is -1.03. The first-order valence-electron chi connectivity index (χ1n) is 11.4. The molecule has 172 valence electrons. The molecule has 0 aliphatic rings. The molecule has 34 heavy (non-hydrogen) atoms. The number of ether oxygens (including phenoxy) is 1. The van der Waals surface area contributed by atoms with Crippen LogP contribution in [0, 0.1) is 0 Å². The maximum atomic E-state index is 13.3. The molecule has 0 saturated carbocycles. The van der Waals surface area contributed by atoms with Crippen LogP contribution < -0.4 is 5.84 Å². The topological polar surface area (TPSA) is 72.6 Å². The standard InChI is InChI=1S/C29H28N2O3/c1-2-29(25-13-5-3-6-14-25,26-15-7-4-8-16-26)34-28(33)31(30)27(21-32)20-22-17-18-23-11-9-10-12-24(23)19-22/h3-19,21,27H,2,20,30H2,1H3. The number of aldehydes is 1. The predicted molar refractivity (Wildman–Crippen MR) is 134 cm³/mol. The lowest BCUT2D eigenvalue weighted by Gasteiger charge is -2.36. The normalized spacial score (nSPS) is 12.2. The zero-order valence-electron chi connectivity index (χ0n) is 19.1. The summed E-state index contributed by atoms with van der Waals surface area (Å²) in [4.78, 5) is 25.3. The number of nitrogens with zero attached hydrogens (tertiary/aromatic N) is 1. The van der Waals surface area contributed by atoms with Gasteiger partial charge in [0.25, 0.3) is 0 Å². The van der Waals surface area contributed by atoms with Crippen LogP contribution in [0.5, 0.6) is 0 Å². The van der Waals surface area contributed by atoms with Gasteiger partial charge in [0.15, 0.2) is 5.60 Å². The number of amides is 1. The highest BCUT2D eigenvalue weighted by atomic mass is 16.6. The van der Waals surface area contributed by atoms with E-state index >= 15 is 0 Å². The first-order valence-corrected chi connectivity index (χ1v) is 11.4. The molecule has 1 unspecified atom stereocenters. The molecule has 5 nitrogen and oxygen atoms in total. The Bertz CT molecular complexity index is 1220. The van der Waals surface area contributed by atoms with E-state index in [1.807, 2.05) is 110 Å². The van der Waals surface area contributed by atoms with Gasteiger partial charge in [0, 0.05) is 17.5 Å². The van der Waals surface area contributed by atoms with Crippen LogP contribution in [0.2, 0.25) is 0 Å². The van der Waals surface area contributed by atoms with E-state index in [1.54, 1.807) is 0 Å². The Morgan fingerprint density at radius 2 is 1.44 bits per heavy atom. The van der Waals surface area contributed by atoms with Crippen LogP contribution in [0.15, 0.2) is 103 Å². The average molecular weight is 453 g/mol. The Morgan fingerprint density at radius 1 is 0.882 bits per heavy atom. The summed E-state index contributed by atoms with van der Waals surface area (Å²) in [6.45, 7) is 1.96. The van der Waals surface area contributed by atoms with Crippen molar-refractivity contribution in [2.75, 3.05) is 0 Å². The minimum absolute atomic E-state index is 0.287. The highest BCUT2D eigenvalue weighted by molar-refractivity contribution is 5.83. The number of hydrogen-bond acceptors (Lipinski definition) is 4. The summed E-state index contributed by atoms with van der Waals surface area (Å²) in [5.74, 6) is 6.18. The number of fused-ring (bicyclic) bond motifs is 1. The van der Waals surface area contributed by atoms with Crippen molar-refractivity contribution in [3.05, 3.63) is 120 Å². The molecule has 0 aliphatic heterocycles. The van der Waals surface area contributed by atoms with Crippen molar-refractivity contribution < 1.29 is 14.3 Å². The van der Waals surface area contributed by atoms with Crippen molar-refractivity contribution in [3.8, 4) is 0 Å². The average Bonchev–Trinajstić information content (AvgIpc) is 2.90. The van der Waals surface area contributed by atoms with E-state index in [-0.39, 0.29) is 6.42 Å². The van der Waals surface area contributed by atoms with Gasteiger partial charge in [-0.3, -0.25) is 0 Å². The van der Waals surface area contributed by atoms with Crippen molar-refractivity contribution in [3.63, 3.8) is 0 Å². The van der Waals surface area contributed by atoms with Crippen molar-refractivity contribution in [1.82, 2.24) is 5.01 Å². The maximum Gasteiger partial charge on any atom is 0.425 e. The van der Waals surface area contributed by atoms with Gasteiger partial charge >= 0.3 is 6.09 Å². The Morgan fingerprint density at radius 3 is 2.00 bits per heavy atom. The molecule has 0 aliphatic carbocycles. The van der Waals surface area contributed by atoms with Crippen LogP contribution in [0.4, 0.5) is 4.79 Å². The molecule has 0 saturated heterocycles. The highest BCUT2D eigenvalue weighted by Gasteiger charge is 2.38. The smallest absolute Gasteiger partial charge is 0.425 e. The molecule has 0 bridgehead atoms. The van der Waals surface area contributed by atoms with E-state index in [2.05, 4.69) is 0 Å². The third-order valence-corrected chi connectivity index (χ3v) is 6.22. The fourth-order valence-electron chi connectivity index (χ4n) is 4.34. The molecule has 4 aromatic carbocycles. The van der Waals surface area contributed by atoms with Gasteiger partial charge in [-0.2, -0.15) is 0 Å². The van der Waals surface area contributed by atoms with Gasteiger partial charge in [0.1, 0.15) is 12.3 Å². The minimum Gasteiger partial charge on any atom is -0.432 e. The van der Waals surface area contributed by atoms with Gasteiger partial charge in [0.2, 0.25) is 0 Å². The number of nitrogens with two attached hydrogens (primary N) is 1. The van der Waals surface area contributed by atoms with Gasteiger partial charge in [0.05, 0.1) is 0 Å². The summed E-state index contributed by atoms with van der Waals surface area (Å²) in [5, 5.41) is 3.07. The molecule has 4 aromatic rings. The van der Waals surface area contributed by atoms with Crippen LogP contribution in [0.3, 0.4) is 0 Å². The second-order valence-electron chi connectivity index (χ2n) is 8.28. The van der Waals surface area contributed by atoms with Crippen LogP contribution in [-0.4, -0.2) is 23.4 Å². The van der Waals surface area contributed by atoms with Gasteiger partial charge in [-0.1, -0.05) is 110 Å². The van der Waals surface area contributed by atoms with Crippen LogP contribution in [-0.2, 0) is 21.6 Å². The fraction of sp³-hybridized carbons (Fsp3) is 0.172. The molecule has 0 heterocycles. The van der Waals surface area contributed by atoms with Crippen LogP contribution in [0.25, 0.3) is 10.8 Å². The summed E-state index contributed by atoms with van der Waals surface area (Å²) in [5.41, 5.74) is 1.55.